The molecule has 124 valence electrons. The van der Waals surface area contributed by atoms with Crippen molar-refractivity contribution >= 4 is 49.4 Å². The minimum atomic E-state index is -1.83. The van der Waals surface area contributed by atoms with Gasteiger partial charge in [0.25, 0.3) is 0 Å². The summed E-state index contributed by atoms with van der Waals surface area (Å²) in [6.07, 6.45) is -1.71. The molecule has 0 unspecified atom stereocenters. The molecule has 0 heterocycles. The maximum atomic E-state index is 6.21. The molecular weight excluding hydrogens is 403 g/mol. The Balaban J connectivity index is 2.61. The molecule has 0 bridgehead atoms. The second kappa shape index (κ2) is 7.92. The van der Waals surface area contributed by atoms with Crippen LogP contribution in [0.2, 0.25) is 0 Å². The van der Waals surface area contributed by atoms with E-state index >= 15 is 0 Å². The van der Waals surface area contributed by atoms with Crippen LogP contribution in [0.5, 0.6) is 0 Å². The van der Waals surface area contributed by atoms with E-state index in [1.54, 1.807) is 0 Å². The third-order valence-corrected chi connectivity index (χ3v) is 19.0. The summed E-state index contributed by atoms with van der Waals surface area (Å²) in [5, 5.41) is 2.64. The van der Waals surface area contributed by atoms with Crippen molar-refractivity contribution in [2.75, 3.05) is 0 Å². The zero-order valence-corrected chi connectivity index (χ0v) is 18.5. The first-order valence-corrected chi connectivity index (χ1v) is 14.9. The van der Waals surface area contributed by atoms with Crippen LogP contribution in [0.25, 0.3) is 0 Å². The number of hydrogen-bond acceptors (Lipinski definition) is 1. The SMILES string of the molecule is CC(C)P(=S)(NP(=[Se])(c1ccccc1)c1ccccc1)C(C)C. The van der Waals surface area contributed by atoms with Gasteiger partial charge in [0.15, 0.2) is 0 Å². The van der Waals surface area contributed by atoms with Crippen LogP contribution in [-0.2, 0) is 11.8 Å². The Labute approximate surface area is 153 Å². The summed E-state index contributed by atoms with van der Waals surface area (Å²) < 4.78 is 0. The topological polar surface area (TPSA) is 12.0 Å². The zero-order valence-electron chi connectivity index (χ0n) is 14.1. The van der Waals surface area contributed by atoms with Crippen LogP contribution in [0.3, 0.4) is 0 Å². The molecule has 0 saturated carbocycles. The zero-order chi connectivity index (χ0) is 17.1. The van der Waals surface area contributed by atoms with E-state index in [1.165, 1.54) is 10.6 Å². The molecule has 0 saturated heterocycles. The van der Waals surface area contributed by atoms with Gasteiger partial charge in [-0.3, -0.25) is 0 Å². The summed E-state index contributed by atoms with van der Waals surface area (Å²) in [6.45, 7) is 9.03. The quantitative estimate of drug-likeness (QED) is 0.539. The van der Waals surface area contributed by atoms with Gasteiger partial charge in [0, 0.05) is 0 Å². The molecule has 0 aromatic heterocycles. The Bertz CT molecular complexity index is 674. The molecule has 0 radical (unpaired) electrons. The average Bonchev–Trinajstić information content (AvgIpc) is 2.56. The number of hydrogen-bond donors (Lipinski definition) is 1. The Morgan fingerprint density at radius 3 is 1.43 bits per heavy atom. The predicted octanol–water partition coefficient (Wildman–Crippen LogP) is 4.45. The monoisotopic (exact) mass is 429 g/mol. The molecule has 0 aliphatic carbocycles. The van der Waals surface area contributed by atoms with E-state index in [4.69, 9.17) is 11.8 Å². The van der Waals surface area contributed by atoms with Gasteiger partial charge in [0.2, 0.25) is 0 Å². The molecule has 5 heteroatoms. The van der Waals surface area contributed by atoms with Gasteiger partial charge in [-0.15, -0.1) is 0 Å². The third kappa shape index (κ3) is 4.16. The van der Waals surface area contributed by atoms with E-state index in [0.29, 0.717) is 11.3 Å². The summed E-state index contributed by atoms with van der Waals surface area (Å²) >= 11 is 9.76. The Hall–Kier alpha value is -0.000519. The van der Waals surface area contributed by atoms with Crippen molar-refractivity contribution in [3.05, 3.63) is 60.7 Å². The van der Waals surface area contributed by atoms with Gasteiger partial charge < -0.3 is 0 Å². The molecule has 0 atom stereocenters. The van der Waals surface area contributed by atoms with Crippen LogP contribution in [0.1, 0.15) is 27.7 Å². The molecule has 2 aromatic rings. The van der Waals surface area contributed by atoms with Crippen molar-refractivity contribution in [3.63, 3.8) is 0 Å². The second-order valence-electron chi connectivity index (χ2n) is 6.28. The maximum absolute atomic E-state index is 6.21. The molecule has 0 fully saturated rings. The van der Waals surface area contributed by atoms with Gasteiger partial charge in [-0.25, -0.2) is 0 Å². The average molecular weight is 428 g/mol. The van der Waals surface area contributed by atoms with Gasteiger partial charge in [-0.1, -0.05) is 0 Å². The van der Waals surface area contributed by atoms with E-state index in [9.17, 15) is 0 Å². The van der Waals surface area contributed by atoms with Crippen LogP contribution in [0.15, 0.2) is 60.7 Å². The van der Waals surface area contributed by atoms with Crippen molar-refractivity contribution < 1.29 is 0 Å². The Morgan fingerprint density at radius 1 is 0.783 bits per heavy atom. The standard InChI is InChI=1S/C18H25NP2SSe/c1-15(2)20(22,16(3)4)19-21(23,17-11-7-5-8-12-17)18-13-9-6-10-14-18/h5-16H,1-4H3,(H,19,22,23). The van der Waals surface area contributed by atoms with E-state index in [-0.39, 0.29) is 0 Å². The van der Waals surface area contributed by atoms with Crippen LogP contribution in [-0.4, -0.2) is 26.4 Å². The summed E-state index contributed by atoms with van der Waals surface area (Å²) in [6, 6.07) is 21.4. The normalized spacial score (nSPS) is 12.8. The van der Waals surface area contributed by atoms with Crippen LogP contribution < -0.4 is 15.5 Å². The summed E-state index contributed by atoms with van der Waals surface area (Å²) in [4.78, 5) is 4.02. The summed E-state index contributed by atoms with van der Waals surface area (Å²) in [5.41, 5.74) is -0.893. The van der Waals surface area contributed by atoms with Crippen LogP contribution in [0.4, 0.5) is 0 Å². The van der Waals surface area contributed by atoms with E-state index in [2.05, 4.69) is 108 Å². The van der Waals surface area contributed by atoms with Gasteiger partial charge in [-0.05, 0) is 0 Å². The van der Waals surface area contributed by atoms with Gasteiger partial charge >= 0.3 is 154 Å². The summed E-state index contributed by atoms with van der Waals surface area (Å²) in [7, 11) is 0. The molecule has 0 aliphatic heterocycles. The number of benzene rings is 2. The first-order chi connectivity index (χ1) is 10.8. The van der Waals surface area contributed by atoms with Crippen molar-refractivity contribution in [1.82, 2.24) is 4.86 Å². The Kier molecular flexibility index (Phi) is 6.65. The fourth-order valence-electron chi connectivity index (χ4n) is 2.59. The molecule has 23 heavy (non-hydrogen) atoms. The van der Waals surface area contributed by atoms with Crippen LogP contribution in [0, 0.1) is 0 Å². The predicted molar refractivity (Wildman–Crippen MR) is 113 cm³/mol. The third-order valence-electron chi connectivity index (χ3n) is 4.07. The van der Waals surface area contributed by atoms with Crippen molar-refractivity contribution in [3.8, 4) is 0 Å². The number of rotatable bonds is 6. The molecule has 0 aliphatic rings. The second-order valence-corrected chi connectivity index (χ2v) is 18.1. The molecule has 2 aromatic carbocycles. The molecule has 0 spiro atoms. The van der Waals surface area contributed by atoms with E-state index < -0.39 is 11.8 Å². The fraction of sp³-hybridized carbons (Fsp3) is 0.333. The molecule has 2 rings (SSSR count). The molecular formula is C18H25NP2SSe. The minimum absolute atomic E-state index is 0.470. The fourth-order valence-corrected chi connectivity index (χ4v) is 16.0. The Morgan fingerprint density at radius 2 is 1.13 bits per heavy atom. The first kappa shape index (κ1) is 19.3. The van der Waals surface area contributed by atoms with Crippen molar-refractivity contribution in [1.29, 1.82) is 0 Å². The van der Waals surface area contributed by atoms with Crippen molar-refractivity contribution in [2.24, 2.45) is 0 Å². The molecule has 1 nitrogen and oxygen atoms in total. The first-order valence-electron chi connectivity index (χ1n) is 7.91. The molecule has 0 amide bonds. The van der Waals surface area contributed by atoms with Gasteiger partial charge in [-0.2, -0.15) is 0 Å². The number of nitrogens with one attached hydrogen (secondary N) is 1. The van der Waals surface area contributed by atoms with Crippen LogP contribution >= 0.6 is 11.8 Å². The summed E-state index contributed by atoms with van der Waals surface area (Å²) in [5.74, 6) is 0. The van der Waals surface area contributed by atoms with Crippen molar-refractivity contribution in [2.45, 2.75) is 39.0 Å². The van der Waals surface area contributed by atoms with Gasteiger partial charge in [0.05, 0.1) is 0 Å². The van der Waals surface area contributed by atoms with E-state index in [0.717, 1.165) is 0 Å². The molecule has 1 N–H and O–H groups in total. The van der Waals surface area contributed by atoms with E-state index in [1.807, 2.05) is 0 Å². The van der Waals surface area contributed by atoms with Gasteiger partial charge in [0.1, 0.15) is 0 Å².